The van der Waals surface area contributed by atoms with E-state index in [-0.39, 0.29) is 31.0 Å². The summed E-state index contributed by atoms with van der Waals surface area (Å²) in [7, 11) is 0. The van der Waals surface area contributed by atoms with E-state index in [1.165, 1.54) is 0 Å². The van der Waals surface area contributed by atoms with Crippen molar-refractivity contribution < 1.29 is 14.3 Å². The normalized spacial score (nSPS) is 16.1. The first kappa shape index (κ1) is 22.3. The molecular weight excluding hydrogens is 356 g/mol. The van der Waals surface area contributed by atoms with Gasteiger partial charge in [0, 0.05) is 37.6 Å². The van der Waals surface area contributed by atoms with E-state index in [0.717, 1.165) is 18.8 Å². The first-order chi connectivity index (χ1) is 13.3. The van der Waals surface area contributed by atoms with Crippen molar-refractivity contribution in [2.75, 3.05) is 49.6 Å². The van der Waals surface area contributed by atoms with Crippen LogP contribution < -0.4 is 16.0 Å². The minimum Gasteiger partial charge on any atom is -0.370 e. The molecule has 0 saturated carbocycles. The standard InChI is InChI=1S/C21H34N4O3/c1-15(2)12-24(13-16(3)4)19(11-22)21(27)23-17-5-7-18(8-6-17)25-9-10-28-14-20(25)26/h5-8,15-16,19H,9-14,22H2,1-4H3,(H,23,27)/t19-/m0/s1. The third-order valence-electron chi connectivity index (χ3n) is 4.60. The molecule has 7 nitrogen and oxygen atoms in total. The summed E-state index contributed by atoms with van der Waals surface area (Å²) in [4.78, 5) is 28.7. The van der Waals surface area contributed by atoms with Gasteiger partial charge in [-0.2, -0.15) is 0 Å². The molecule has 1 heterocycles. The highest BCUT2D eigenvalue weighted by Crippen LogP contribution is 2.20. The molecule has 0 spiro atoms. The maximum Gasteiger partial charge on any atom is 0.253 e. The van der Waals surface area contributed by atoms with Gasteiger partial charge >= 0.3 is 0 Å². The van der Waals surface area contributed by atoms with Gasteiger partial charge in [-0.05, 0) is 36.1 Å². The molecule has 1 aromatic rings. The average Bonchev–Trinajstić information content (AvgIpc) is 2.62. The topological polar surface area (TPSA) is 87.9 Å². The third kappa shape index (κ3) is 6.29. The Bertz CT molecular complexity index is 636. The first-order valence-corrected chi connectivity index (χ1v) is 10.0. The van der Waals surface area contributed by atoms with Gasteiger partial charge in [0.1, 0.15) is 12.6 Å². The summed E-state index contributed by atoms with van der Waals surface area (Å²) in [6.45, 7) is 11.7. The second kappa shape index (κ2) is 10.5. The number of nitrogens with two attached hydrogens (primary N) is 1. The number of amides is 2. The molecule has 7 heteroatoms. The number of rotatable bonds is 9. The number of hydrogen-bond donors (Lipinski definition) is 2. The molecule has 3 N–H and O–H groups in total. The SMILES string of the molecule is CC(C)CN(CC(C)C)[C@@H](CN)C(=O)Nc1ccc(N2CCOCC2=O)cc1. The highest BCUT2D eigenvalue weighted by molar-refractivity contribution is 5.97. The summed E-state index contributed by atoms with van der Waals surface area (Å²) in [5, 5.41) is 2.97. The Hall–Kier alpha value is -1.96. The highest BCUT2D eigenvalue weighted by atomic mass is 16.5. The van der Waals surface area contributed by atoms with Crippen molar-refractivity contribution in [2.45, 2.75) is 33.7 Å². The predicted molar refractivity (Wildman–Crippen MR) is 112 cm³/mol. The maximum absolute atomic E-state index is 12.9. The van der Waals surface area contributed by atoms with Gasteiger partial charge in [-0.1, -0.05) is 27.7 Å². The largest absolute Gasteiger partial charge is 0.370 e. The Morgan fingerprint density at radius 3 is 2.29 bits per heavy atom. The number of benzene rings is 1. The molecule has 0 bridgehead atoms. The second-order valence-electron chi connectivity index (χ2n) is 8.13. The van der Waals surface area contributed by atoms with Gasteiger partial charge < -0.3 is 20.7 Å². The monoisotopic (exact) mass is 390 g/mol. The van der Waals surface area contributed by atoms with Gasteiger partial charge in [0.15, 0.2) is 0 Å². The van der Waals surface area contributed by atoms with Crippen LogP contribution >= 0.6 is 0 Å². The third-order valence-corrected chi connectivity index (χ3v) is 4.60. The Morgan fingerprint density at radius 1 is 1.18 bits per heavy atom. The molecule has 1 fully saturated rings. The lowest BCUT2D eigenvalue weighted by Crippen LogP contribution is -2.51. The molecule has 0 aromatic heterocycles. The van der Waals surface area contributed by atoms with Crippen molar-refractivity contribution in [1.29, 1.82) is 0 Å². The van der Waals surface area contributed by atoms with E-state index >= 15 is 0 Å². The van der Waals surface area contributed by atoms with Gasteiger partial charge in [-0.3, -0.25) is 14.5 Å². The van der Waals surface area contributed by atoms with E-state index in [1.54, 1.807) is 4.90 Å². The summed E-state index contributed by atoms with van der Waals surface area (Å²) in [5.74, 6) is 0.750. The van der Waals surface area contributed by atoms with Crippen LogP contribution in [0.3, 0.4) is 0 Å². The summed E-state index contributed by atoms with van der Waals surface area (Å²) in [6, 6.07) is 6.95. The molecule has 1 atom stereocenters. The number of nitrogens with zero attached hydrogens (tertiary/aromatic N) is 2. The fourth-order valence-corrected chi connectivity index (χ4v) is 3.43. The maximum atomic E-state index is 12.9. The summed E-state index contributed by atoms with van der Waals surface area (Å²) >= 11 is 0. The molecule has 2 rings (SSSR count). The van der Waals surface area contributed by atoms with Gasteiger partial charge in [0.2, 0.25) is 5.91 Å². The first-order valence-electron chi connectivity index (χ1n) is 10.0. The lowest BCUT2D eigenvalue weighted by molar-refractivity contribution is -0.125. The zero-order valence-electron chi connectivity index (χ0n) is 17.5. The molecule has 28 heavy (non-hydrogen) atoms. The van der Waals surface area contributed by atoms with Crippen LogP contribution in [0, 0.1) is 11.8 Å². The number of ether oxygens (including phenoxy) is 1. The van der Waals surface area contributed by atoms with E-state index in [9.17, 15) is 9.59 Å². The molecule has 1 aliphatic rings. The zero-order chi connectivity index (χ0) is 20.7. The minimum atomic E-state index is -0.370. The van der Waals surface area contributed by atoms with E-state index in [0.29, 0.717) is 30.7 Å². The Kier molecular flexibility index (Phi) is 8.41. The van der Waals surface area contributed by atoms with E-state index < -0.39 is 0 Å². The number of nitrogens with one attached hydrogen (secondary N) is 1. The number of hydrogen-bond acceptors (Lipinski definition) is 5. The van der Waals surface area contributed by atoms with Gasteiger partial charge in [-0.15, -0.1) is 0 Å². The number of carbonyl (C=O) groups is 2. The fraction of sp³-hybridized carbons (Fsp3) is 0.619. The number of anilines is 2. The lowest BCUT2D eigenvalue weighted by Gasteiger charge is -2.32. The molecule has 0 aliphatic carbocycles. The smallest absolute Gasteiger partial charge is 0.253 e. The number of morpholine rings is 1. The van der Waals surface area contributed by atoms with Crippen molar-refractivity contribution >= 4 is 23.2 Å². The van der Waals surface area contributed by atoms with Crippen LogP contribution in [0.5, 0.6) is 0 Å². The fourth-order valence-electron chi connectivity index (χ4n) is 3.43. The molecule has 1 aromatic carbocycles. The van der Waals surface area contributed by atoms with Crippen LogP contribution in [0.1, 0.15) is 27.7 Å². The van der Waals surface area contributed by atoms with Crippen LogP contribution in [-0.4, -0.2) is 62.1 Å². The number of carbonyl (C=O) groups excluding carboxylic acids is 2. The molecule has 156 valence electrons. The van der Waals surface area contributed by atoms with Crippen molar-refractivity contribution in [2.24, 2.45) is 17.6 Å². The highest BCUT2D eigenvalue weighted by Gasteiger charge is 2.26. The van der Waals surface area contributed by atoms with Gasteiger partial charge in [0.05, 0.1) is 6.61 Å². The molecule has 0 radical (unpaired) electrons. The van der Waals surface area contributed by atoms with E-state index in [2.05, 4.69) is 37.9 Å². The molecule has 1 aliphatic heterocycles. The van der Waals surface area contributed by atoms with Crippen molar-refractivity contribution in [1.82, 2.24) is 4.90 Å². The van der Waals surface area contributed by atoms with Crippen molar-refractivity contribution in [3.8, 4) is 0 Å². The van der Waals surface area contributed by atoms with E-state index in [4.69, 9.17) is 10.5 Å². The van der Waals surface area contributed by atoms with Crippen molar-refractivity contribution in [3.63, 3.8) is 0 Å². The Labute approximate surface area is 168 Å². The van der Waals surface area contributed by atoms with Crippen LogP contribution in [0.25, 0.3) is 0 Å². The van der Waals surface area contributed by atoms with Gasteiger partial charge in [0.25, 0.3) is 5.91 Å². The van der Waals surface area contributed by atoms with Crippen LogP contribution in [0.4, 0.5) is 11.4 Å². The van der Waals surface area contributed by atoms with Crippen LogP contribution in [0.15, 0.2) is 24.3 Å². The molecule has 2 amide bonds. The molecule has 0 unspecified atom stereocenters. The van der Waals surface area contributed by atoms with Crippen LogP contribution in [0.2, 0.25) is 0 Å². The minimum absolute atomic E-state index is 0.0516. The Morgan fingerprint density at radius 2 is 1.79 bits per heavy atom. The molecule has 1 saturated heterocycles. The zero-order valence-corrected chi connectivity index (χ0v) is 17.5. The molecular formula is C21H34N4O3. The van der Waals surface area contributed by atoms with Crippen LogP contribution in [-0.2, 0) is 14.3 Å². The second-order valence-corrected chi connectivity index (χ2v) is 8.13. The van der Waals surface area contributed by atoms with E-state index in [1.807, 2.05) is 24.3 Å². The average molecular weight is 391 g/mol. The summed E-state index contributed by atoms with van der Waals surface area (Å²) < 4.78 is 5.16. The predicted octanol–water partition coefficient (Wildman–Crippen LogP) is 1.93. The summed E-state index contributed by atoms with van der Waals surface area (Å²) in [6.07, 6.45) is 0. The van der Waals surface area contributed by atoms with Gasteiger partial charge in [-0.25, -0.2) is 0 Å². The summed E-state index contributed by atoms with van der Waals surface area (Å²) in [5.41, 5.74) is 7.46. The van der Waals surface area contributed by atoms with Crippen molar-refractivity contribution in [3.05, 3.63) is 24.3 Å². The quantitative estimate of drug-likeness (QED) is 0.673. The Balaban J connectivity index is 2.05. The lowest BCUT2D eigenvalue weighted by atomic mass is 10.1.